The Hall–Kier alpha value is -0.940. The Balaban J connectivity index is 2.21. The van der Waals surface area contributed by atoms with Crippen LogP contribution in [-0.2, 0) is 10.0 Å². The van der Waals surface area contributed by atoms with Crippen LogP contribution in [0.3, 0.4) is 0 Å². The highest BCUT2D eigenvalue weighted by atomic mass is 35.5. The molecule has 0 saturated heterocycles. The van der Waals surface area contributed by atoms with Gasteiger partial charge in [0.05, 0.1) is 22.7 Å². The molecule has 1 saturated carbocycles. The minimum Gasteiger partial charge on any atom is -0.381 e. The van der Waals surface area contributed by atoms with E-state index in [-0.39, 0.29) is 5.41 Å². The summed E-state index contributed by atoms with van der Waals surface area (Å²) in [4.78, 5) is 0. The lowest BCUT2D eigenvalue weighted by Gasteiger charge is -2.39. The molecule has 0 aliphatic heterocycles. The van der Waals surface area contributed by atoms with Crippen molar-refractivity contribution >= 4 is 33.0 Å². The van der Waals surface area contributed by atoms with E-state index in [0.29, 0.717) is 16.8 Å². The molecule has 1 atom stereocenters. The number of sulfonamides is 1. The summed E-state index contributed by atoms with van der Waals surface area (Å²) in [6.45, 7) is 4.52. The maximum Gasteiger partial charge on any atom is 0.229 e. The van der Waals surface area contributed by atoms with Gasteiger partial charge in [0.1, 0.15) is 0 Å². The van der Waals surface area contributed by atoms with Crippen molar-refractivity contribution in [1.82, 2.24) is 0 Å². The van der Waals surface area contributed by atoms with Gasteiger partial charge in [-0.2, -0.15) is 0 Å². The van der Waals surface area contributed by atoms with Gasteiger partial charge in [0.25, 0.3) is 0 Å². The first-order valence-electron chi connectivity index (χ1n) is 7.21. The van der Waals surface area contributed by atoms with Gasteiger partial charge >= 0.3 is 0 Å². The van der Waals surface area contributed by atoms with Gasteiger partial charge in [-0.05, 0) is 36.5 Å². The second-order valence-electron chi connectivity index (χ2n) is 6.50. The predicted molar refractivity (Wildman–Crippen MR) is 89.6 cm³/mol. The topological polar surface area (TPSA) is 58.2 Å². The Kier molecular flexibility index (Phi) is 4.73. The van der Waals surface area contributed by atoms with Crippen molar-refractivity contribution in [3.8, 4) is 0 Å². The summed E-state index contributed by atoms with van der Waals surface area (Å²) >= 11 is 6.24. The molecule has 21 heavy (non-hydrogen) atoms. The van der Waals surface area contributed by atoms with Crippen molar-refractivity contribution in [3.63, 3.8) is 0 Å². The molecule has 0 radical (unpaired) electrons. The zero-order valence-electron chi connectivity index (χ0n) is 12.7. The highest BCUT2D eigenvalue weighted by Crippen LogP contribution is 2.38. The second kappa shape index (κ2) is 6.05. The van der Waals surface area contributed by atoms with E-state index in [2.05, 4.69) is 23.9 Å². The van der Waals surface area contributed by atoms with Crippen LogP contribution in [0.4, 0.5) is 11.4 Å². The number of nitrogens with one attached hydrogen (secondary N) is 2. The summed E-state index contributed by atoms with van der Waals surface area (Å²) < 4.78 is 25.1. The summed E-state index contributed by atoms with van der Waals surface area (Å²) in [5.41, 5.74) is 1.52. The quantitative estimate of drug-likeness (QED) is 0.874. The maximum atomic E-state index is 11.3. The van der Waals surface area contributed by atoms with Crippen LogP contribution in [0.1, 0.15) is 39.5 Å². The number of hydrogen-bond acceptors (Lipinski definition) is 3. The van der Waals surface area contributed by atoms with E-state index in [4.69, 9.17) is 11.6 Å². The third-order valence-corrected chi connectivity index (χ3v) is 5.04. The molecule has 1 aliphatic rings. The van der Waals surface area contributed by atoms with Crippen LogP contribution in [0.25, 0.3) is 0 Å². The van der Waals surface area contributed by atoms with E-state index in [1.807, 2.05) is 0 Å². The third-order valence-electron chi connectivity index (χ3n) is 4.11. The zero-order chi connectivity index (χ0) is 15.7. The van der Waals surface area contributed by atoms with Crippen LogP contribution in [0.5, 0.6) is 0 Å². The molecule has 1 aromatic carbocycles. The number of benzene rings is 1. The Morgan fingerprint density at radius 2 is 2.00 bits per heavy atom. The smallest absolute Gasteiger partial charge is 0.229 e. The molecule has 1 unspecified atom stereocenters. The summed E-state index contributed by atoms with van der Waals surface area (Å²) in [6, 6.07) is 5.49. The second-order valence-corrected chi connectivity index (χ2v) is 8.66. The average Bonchev–Trinajstić information content (AvgIpc) is 2.34. The molecule has 1 fully saturated rings. The van der Waals surface area contributed by atoms with Crippen molar-refractivity contribution in [3.05, 3.63) is 23.2 Å². The molecule has 118 valence electrons. The number of halogens is 1. The summed E-state index contributed by atoms with van der Waals surface area (Å²) in [5.74, 6) is 0. The highest BCUT2D eigenvalue weighted by molar-refractivity contribution is 7.92. The SMILES string of the molecule is CC1(C)CCCCC1Nc1cc(NS(C)(=O)=O)ccc1Cl. The molecule has 0 spiro atoms. The van der Waals surface area contributed by atoms with Gasteiger partial charge in [-0.1, -0.05) is 38.3 Å². The van der Waals surface area contributed by atoms with Gasteiger partial charge in [0.2, 0.25) is 10.0 Å². The Morgan fingerprint density at radius 1 is 1.29 bits per heavy atom. The molecule has 6 heteroatoms. The number of hydrogen-bond donors (Lipinski definition) is 2. The number of rotatable bonds is 4. The lowest BCUT2D eigenvalue weighted by atomic mass is 9.73. The summed E-state index contributed by atoms with van der Waals surface area (Å²) in [5, 5.41) is 4.11. The molecule has 0 heterocycles. The minimum atomic E-state index is -3.28. The largest absolute Gasteiger partial charge is 0.381 e. The molecule has 4 nitrogen and oxygen atoms in total. The van der Waals surface area contributed by atoms with E-state index in [9.17, 15) is 8.42 Å². The number of anilines is 2. The molecule has 0 aromatic heterocycles. The lowest BCUT2D eigenvalue weighted by molar-refractivity contribution is 0.217. The Bertz CT molecular complexity index is 614. The van der Waals surface area contributed by atoms with E-state index < -0.39 is 10.0 Å². The van der Waals surface area contributed by atoms with Gasteiger partial charge in [-0.25, -0.2) is 8.42 Å². The molecule has 0 bridgehead atoms. The summed E-state index contributed by atoms with van der Waals surface area (Å²) in [6.07, 6.45) is 5.89. The van der Waals surface area contributed by atoms with Crippen molar-refractivity contribution in [2.24, 2.45) is 5.41 Å². The van der Waals surface area contributed by atoms with Crippen LogP contribution in [0.15, 0.2) is 18.2 Å². The van der Waals surface area contributed by atoms with Crippen LogP contribution in [0.2, 0.25) is 5.02 Å². The molecular weight excluding hydrogens is 308 g/mol. The van der Waals surface area contributed by atoms with Crippen molar-refractivity contribution in [1.29, 1.82) is 0 Å². The van der Waals surface area contributed by atoms with E-state index in [0.717, 1.165) is 18.4 Å². The first kappa shape index (κ1) is 16.4. The molecule has 1 aliphatic carbocycles. The van der Waals surface area contributed by atoms with Gasteiger partial charge in [-0.3, -0.25) is 4.72 Å². The van der Waals surface area contributed by atoms with Crippen LogP contribution >= 0.6 is 11.6 Å². The van der Waals surface area contributed by atoms with Gasteiger partial charge in [0, 0.05) is 6.04 Å². The van der Waals surface area contributed by atoms with E-state index >= 15 is 0 Å². The first-order valence-corrected chi connectivity index (χ1v) is 9.48. The predicted octanol–water partition coefficient (Wildman–Crippen LogP) is 4.09. The van der Waals surface area contributed by atoms with Crippen molar-refractivity contribution < 1.29 is 8.42 Å². The fourth-order valence-electron chi connectivity index (χ4n) is 2.86. The molecule has 1 aromatic rings. The van der Waals surface area contributed by atoms with Crippen LogP contribution in [0, 0.1) is 5.41 Å². The lowest BCUT2D eigenvalue weighted by Crippen LogP contribution is -2.39. The maximum absolute atomic E-state index is 11.3. The van der Waals surface area contributed by atoms with Crippen LogP contribution < -0.4 is 10.0 Å². The standard InChI is InChI=1S/C15H23ClN2O2S/c1-15(2)9-5-4-6-14(15)17-13-10-11(7-8-12(13)16)18-21(3,19)20/h7-8,10,14,17-18H,4-6,9H2,1-3H3. The average molecular weight is 331 g/mol. The Labute approximate surface area is 132 Å². The normalized spacial score (nSPS) is 21.8. The van der Waals surface area contributed by atoms with E-state index in [1.54, 1.807) is 18.2 Å². The fourth-order valence-corrected chi connectivity index (χ4v) is 3.59. The monoisotopic (exact) mass is 330 g/mol. The third kappa shape index (κ3) is 4.51. The molecular formula is C15H23ClN2O2S. The molecule has 0 amide bonds. The highest BCUT2D eigenvalue weighted by Gasteiger charge is 2.32. The zero-order valence-corrected chi connectivity index (χ0v) is 14.3. The molecule has 2 N–H and O–H groups in total. The van der Waals surface area contributed by atoms with Crippen LogP contribution in [-0.4, -0.2) is 20.7 Å². The summed E-state index contributed by atoms with van der Waals surface area (Å²) in [7, 11) is -3.28. The first-order chi connectivity index (χ1) is 9.67. The van der Waals surface area contributed by atoms with Gasteiger partial charge < -0.3 is 5.32 Å². The van der Waals surface area contributed by atoms with Crippen molar-refractivity contribution in [2.75, 3.05) is 16.3 Å². The minimum absolute atomic E-state index is 0.210. The molecule has 2 rings (SSSR count). The van der Waals surface area contributed by atoms with Gasteiger partial charge in [0.15, 0.2) is 0 Å². The van der Waals surface area contributed by atoms with Gasteiger partial charge in [-0.15, -0.1) is 0 Å². The fraction of sp³-hybridized carbons (Fsp3) is 0.600. The Morgan fingerprint density at radius 3 is 2.62 bits per heavy atom. The van der Waals surface area contributed by atoms with Crippen molar-refractivity contribution in [2.45, 2.75) is 45.6 Å². The van der Waals surface area contributed by atoms with E-state index in [1.165, 1.54) is 19.3 Å².